The predicted octanol–water partition coefficient (Wildman–Crippen LogP) is 6.93. The lowest BCUT2D eigenvalue weighted by atomic mass is 9.87. The van der Waals surface area contributed by atoms with Crippen LogP contribution in [0.1, 0.15) is 91.4 Å². The van der Waals surface area contributed by atoms with E-state index in [1.807, 2.05) is 44.2 Å². The minimum atomic E-state index is -0.407. The first-order chi connectivity index (χ1) is 11.6. The van der Waals surface area contributed by atoms with Crippen LogP contribution in [-0.4, -0.2) is 5.97 Å². The Morgan fingerprint density at radius 1 is 0.833 bits per heavy atom. The van der Waals surface area contributed by atoms with Crippen molar-refractivity contribution in [1.29, 1.82) is 0 Å². The van der Waals surface area contributed by atoms with E-state index < -0.39 is 5.41 Å². The quantitative estimate of drug-likeness (QED) is 0.222. The Balaban J connectivity index is 2.09. The number of para-hydroxylation sites is 1. The molecule has 0 aliphatic rings. The van der Waals surface area contributed by atoms with Crippen LogP contribution in [0.2, 0.25) is 0 Å². The molecule has 0 radical (unpaired) electrons. The van der Waals surface area contributed by atoms with Crippen LogP contribution in [0, 0.1) is 5.41 Å². The van der Waals surface area contributed by atoms with Gasteiger partial charge in [0.05, 0.1) is 5.41 Å². The lowest BCUT2D eigenvalue weighted by Gasteiger charge is -2.22. The maximum absolute atomic E-state index is 12.3. The SMILES string of the molecule is CCCCCCCCCCCCC(C)(C)C(=O)Oc1ccccc1. The molecule has 0 atom stereocenters. The van der Waals surface area contributed by atoms with E-state index in [0.29, 0.717) is 5.75 Å². The molecule has 1 aromatic carbocycles. The van der Waals surface area contributed by atoms with Crippen molar-refractivity contribution >= 4 is 5.97 Å². The molecule has 0 bridgehead atoms. The van der Waals surface area contributed by atoms with Crippen LogP contribution in [0.4, 0.5) is 0 Å². The molecule has 0 spiro atoms. The van der Waals surface area contributed by atoms with Crippen LogP contribution in [0.15, 0.2) is 30.3 Å². The highest BCUT2D eigenvalue weighted by molar-refractivity contribution is 5.78. The number of carbonyl (C=O) groups is 1. The molecule has 0 aliphatic heterocycles. The van der Waals surface area contributed by atoms with E-state index in [2.05, 4.69) is 6.92 Å². The predicted molar refractivity (Wildman–Crippen MR) is 102 cm³/mol. The molecule has 0 N–H and O–H groups in total. The highest BCUT2D eigenvalue weighted by Crippen LogP contribution is 2.27. The Morgan fingerprint density at radius 2 is 1.33 bits per heavy atom. The van der Waals surface area contributed by atoms with E-state index in [1.165, 1.54) is 57.8 Å². The molecule has 1 aromatic rings. The normalized spacial score (nSPS) is 11.5. The molecule has 136 valence electrons. The van der Waals surface area contributed by atoms with E-state index in [9.17, 15) is 4.79 Å². The van der Waals surface area contributed by atoms with E-state index in [1.54, 1.807) is 0 Å². The number of esters is 1. The average molecular weight is 333 g/mol. The highest BCUT2D eigenvalue weighted by Gasteiger charge is 2.29. The Labute approximate surface area is 149 Å². The molecule has 0 aliphatic carbocycles. The lowest BCUT2D eigenvalue weighted by Crippen LogP contribution is -2.29. The van der Waals surface area contributed by atoms with E-state index in [0.717, 1.165) is 12.8 Å². The van der Waals surface area contributed by atoms with E-state index in [4.69, 9.17) is 4.74 Å². The fourth-order valence-electron chi connectivity index (χ4n) is 2.89. The van der Waals surface area contributed by atoms with Gasteiger partial charge in [-0.1, -0.05) is 89.3 Å². The summed E-state index contributed by atoms with van der Waals surface area (Å²) in [6, 6.07) is 9.35. The summed E-state index contributed by atoms with van der Waals surface area (Å²) in [5, 5.41) is 0. The molecule has 0 unspecified atom stereocenters. The molecule has 0 heterocycles. The van der Waals surface area contributed by atoms with Gasteiger partial charge in [-0.3, -0.25) is 4.79 Å². The molecule has 24 heavy (non-hydrogen) atoms. The summed E-state index contributed by atoms with van der Waals surface area (Å²) < 4.78 is 5.48. The van der Waals surface area contributed by atoms with Crippen molar-refractivity contribution in [2.75, 3.05) is 0 Å². The molecule has 0 saturated carbocycles. The third-order valence-electron chi connectivity index (χ3n) is 4.66. The molecular weight excluding hydrogens is 296 g/mol. The van der Waals surface area contributed by atoms with E-state index in [-0.39, 0.29) is 5.97 Å². The molecule has 0 fully saturated rings. The van der Waals surface area contributed by atoms with E-state index >= 15 is 0 Å². The zero-order chi connectivity index (χ0) is 17.7. The fraction of sp³-hybridized carbons (Fsp3) is 0.682. The average Bonchev–Trinajstić information content (AvgIpc) is 2.57. The van der Waals surface area contributed by atoms with Crippen molar-refractivity contribution in [1.82, 2.24) is 0 Å². The molecule has 0 saturated heterocycles. The van der Waals surface area contributed by atoms with Crippen LogP contribution in [-0.2, 0) is 4.79 Å². The van der Waals surface area contributed by atoms with Crippen molar-refractivity contribution < 1.29 is 9.53 Å². The summed E-state index contributed by atoms with van der Waals surface area (Å²) in [5.41, 5.74) is -0.407. The second kappa shape index (κ2) is 12.1. The zero-order valence-corrected chi connectivity index (χ0v) is 16.0. The maximum atomic E-state index is 12.3. The van der Waals surface area contributed by atoms with Gasteiger partial charge in [0.15, 0.2) is 0 Å². The van der Waals surface area contributed by atoms with Gasteiger partial charge in [0.2, 0.25) is 0 Å². The fourth-order valence-corrected chi connectivity index (χ4v) is 2.89. The molecule has 1 rings (SSSR count). The summed E-state index contributed by atoms with van der Waals surface area (Å²) in [5.74, 6) is 0.517. The smallest absolute Gasteiger partial charge is 0.316 e. The number of unbranched alkanes of at least 4 members (excludes halogenated alkanes) is 9. The second-order valence-corrected chi connectivity index (χ2v) is 7.52. The standard InChI is InChI=1S/C22H36O2/c1-4-5-6-7-8-9-10-11-12-16-19-22(2,3)21(23)24-20-17-14-13-15-18-20/h13-15,17-18H,4-12,16,19H2,1-3H3. The number of rotatable bonds is 13. The monoisotopic (exact) mass is 332 g/mol. The van der Waals surface area contributed by atoms with Crippen molar-refractivity contribution in [2.24, 2.45) is 5.41 Å². The largest absolute Gasteiger partial charge is 0.426 e. The number of benzene rings is 1. The number of ether oxygens (including phenoxy) is 1. The first-order valence-corrected chi connectivity index (χ1v) is 9.83. The van der Waals surface area contributed by atoms with Crippen molar-refractivity contribution in [3.8, 4) is 5.75 Å². The molecule has 0 amide bonds. The first-order valence-electron chi connectivity index (χ1n) is 9.83. The minimum Gasteiger partial charge on any atom is -0.426 e. The number of hydrogen-bond donors (Lipinski definition) is 0. The van der Waals surface area contributed by atoms with Gasteiger partial charge in [-0.2, -0.15) is 0 Å². The van der Waals surface area contributed by atoms with Crippen molar-refractivity contribution in [3.63, 3.8) is 0 Å². The summed E-state index contributed by atoms with van der Waals surface area (Å²) >= 11 is 0. The zero-order valence-electron chi connectivity index (χ0n) is 16.0. The topological polar surface area (TPSA) is 26.3 Å². The van der Waals surface area contributed by atoms with Crippen LogP contribution in [0.25, 0.3) is 0 Å². The maximum Gasteiger partial charge on any atom is 0.316 e. The van der Waals surface area contributed by atoms with Crippen LogP contribution in [0.3, 0.4) is 0 Å². The van der Waals surface area contributed by atoms with Gasteiger partial charge < -0.3 is 4.74 Å². The van der Waals surface area contributed by atoms with Gasteiger partial charge in [0.25, 0.3) is 0 Å². The van der Waals surface area contributed by atoms with Gasteiger partial charge in [0, 0.05) is 0 Å². The first kappa shape index (κ1) is 20.7. The summed E-state index contributed by atoms with van der Waals surface area (Å²) in [6.07, 6.45) is 14.1. The van der Waals surface area contributed by atoms with Crippen molar-refractivity contribution in [3.05, 3.63) is 30.3 Å². The van der Waals surface area contributed by atoms with Crippen LogP contribution in [0.5, 0.6) is 5.75 Å². The molecular formula is C22H36O2. The van der Waals surface area contributed by atoms with Gasteiger partial charge in [0.1, 0.15) is 5.75 Å². The number of hydrogen-bond acceptors (Lipinski definition) is 2. The van der Waals surface area contributed by atoms with Crippen molar-refractivity contribution in [2.45, 2.75) is 91.4 Å². The minimum absolute atomic E-state index is 0.121. The van der Waals surface area contributed by atoms with Gasteiger partial charge in [-0.05, 0) is 32.4 Å². The summed E-state index contributed by atoms with van der Waals surface area (Å²) in [6.45, 7) is 6.25. The third kappa shape index (κ3) is 9.10. The molecule has 0 aromatic heterocycles. The highest BCUT2D eigenvalue weighted by atomic mass is 16.5. The van der Waals surface area contributed by atoms with Crippen LogP contribution >= 0.6 is 0 Å². The van der Waals surface area contributed by atoms with Crippen LogP contribution < -0.4 is 4.74 Å². The van der Waals surface area contributed by atoms with Gasteiger partial charge >= 0.3 is 5.97 Å². The summed E-state index contributed by atoms with van der Waals surface area (Å²) in [7, 11) is 0. The second-order valence-electron chi connectivity index (χ2n) is 7.52. The number of carbonyl (C=O) groups excluding carboxylic acids is 1. The summed E-state index contributed by atoms with van der Waals surface area (Å²) in [4.78, 5) is 12.3. The Morgan fingerprint density at radius 3 is 1.88 bits per heavy atom. The molecule has 2 heteroatoms. The lowest BCUT2D eigenvalue weighted by molar-refractivity contribution is -0.144. The van der Waals surface area contributed by atoms with Gasteiger partial charge in [-0.15, -0.1) is 0 Å². The Bertz CT molecular complexity index is 437. The van der Waals surface area contributed by atoms with Gasteiger partial charge in [-0.25, -0.2) is 0 Å². The molecule has 2 nitrogen and oxygen atoms in total. The third-order valence-corrected chi connectivity index (χ3v) is 4.66. The Hall–Kier alpha value is -1.31. The Kier molecular flexibility index (Phi) is 10.5.